The van der Waals surface area contributed by atoms with Gasteiger partial charge in [0, 0.05) is 25.4 Å². The lowest BCUT2D eigenvalue weighted by Gasteiger charge is -2.31. The van der Waals surface area contributed by atoms with Crippen molar-refractivity contribution in [1.82, 2.24) is 0 Å². The van der Waals surface area contributed by atoms with Crippen LogP contribution >= 0.6 is 0 Å². The molecule has 2 unspecified atom stereocenters. The minimum Gasteiger partial charge on any atom is -0.376 e. The van der Waals surface area contributed by atoms with Crippen LogP contribution in [0.25, 0.3) is 0 Å². The van der Waals surface area contributed by atoms with Gasteiger partial charge in [0.25, 0.3) is 0 Å². The predicted molar refractivity (Wildman–Crippen MR) is 71.2 cm³/mol. The number of likely N-dealkylation sites (N-methyl/N-ethyl adjacent to an activating group) is 1. The second kappa shape index (κ2) is 5.24. The van der Waals surface area contributed by atoms with E-state index in [0.29, 0.717) is 6.04 Å². The highest BCUT2D eigenvalue weighted by molar-refractivity contribution is 5.55. The molecule has 2 N–H and O–H groups in total. The molecule has 0 aromatic heterocycles. The van der Waals surface area contributed by atoms with Crippen molar-refractivity contribution in [2.75, 3.05) is 18.6 Å². The Bertz CT molecular complexity index is 422. The Labute approximate surface area is 108 Å². The maximum atomic E-state index is 13.3. The van der Waals surface area contributed by atoms with Crippen LogP contribution in [-0.4, -0.2) is 25.8 Å². The third-order valence-electron chi connectivity index (χ3n) is 3.69. The number of rotatable bonds is 3. The first-order valence-corrected chi connectivity index (χ1v) is 6.40. The van der Waals surface area contributed by atoms with Crippen molar-refractivity contribution in [3.63, 3.8) is 0 Å². The highest BCUT2D eigenvalue weighted by Gasteiger charge is 2.29. The van der Waals surface area contributed by atoms with Crippen LogP contribution in [0.4, 0.5) is 10.1 Å². The average molecular weight is 252 g/mol. The molecule has 1 aliphatic heterocycles. The van der Waals surface area contributed by atoms with Gasteiger partial charge in [0.15, 0.2) is 0 Å². The second-order valence-electron chi connectivity index (χ2n) is 5.03. The van der Waals surface area contributed by atoms with Gasteiger partial charge in [-0.1, -0.05) is 0 Å². The largest absolute Gasteiger partial charge is 0.376 e. The molecule has 1 aromatic rings. The van der Waals surface area contributed by atoms with E-state index in [1.54, 1.807) is 6.07 Å². The second-order valence-corrected chi connectivity index (χ2v) is 5.03. The maximum absolute atomic E-state index is 13.3. The van der Waals surface area contributed by atoms with Crippen molar-refractivity contribution >= 4 is 5.69 Å². The fraction of sp³-hybridized carbons (Fsp3) is 0.571. The molecule has 2 rings (SSSR count). The molecule has 0 bridgehead atoms. The van der Waals surface area contributed by atoms with E-state index in [2.05, 4.69) is 11.8 Å². The Balaban J connectivity index is 2.32. The van der Waals surface area contributed by atoms with Crippen LogP contribution in [-0.2, 0) is 4.74 Å². The lowest BCUT2D eigenvalue weighted by Crippen LogP contribution is -2.37. The number of ether oxygens (including phenoxy) is 1. The van der Waals surface area contributed by atoms with Gasteiger partial charge in [0.2, 0.25) is 0 Å². The summed E-state index contributed by atoms with van der Waals surface area (Å²) in [6.45, 7) is 4.73. The van der Waals surface area contributed by atoms with E-state index in [1.165, 1.54) is 12.1 Å². The molecule has 0 aliphatic carbocycles. The minimum absolute atomic E-state index is 0.184. The Morgan fingerprint density at radius 1 is 1.50 bits per heavy atom. The Morgan fingerprint density at radius 3 is 2.78 bits per heavy atom. The minimum atomic E-state index is -0.241. The summed E-state index contributed by atoms with van der Waals surface area (Å²) in [6, 6.07) is 4.96. The third kappa shape index (κ3) is 2.49. The van der Waals surface area contributed by atoms with Gasteiger partial charge in [-0.3, -0.25) is 0 Å². The van der Waals surface area contributed by atoms with Crippen molar-refractivity contribution in [3.05, 3.63) is 29.6 Å². The highest BCUT2D eigenvalue weighted by Crippen LogP contribution is 2.30. The van der Waals surface area contributed by atoms with Gasteiger partial charge in [-0.2, -0.15) is 0 Å². The van der Waals surface area contributed by atoms with E-state index >= 15 is 0 Å². The summed E-state index contributed by atoms with van der Waals surface area (Å²) < 4.78 is 18.9. The van der Waals surface area contributed by atoms with Gasteiger partial charge in [-0.15, -0.1) is 0 Å². The summed E-state index contributed by atoms with van der Waals surface area (Å²) in [5.41, 5.74) is 7.77. The van der Waals surface area contributed by atoms with E-state index in [1.807, 2.05) is 14.0 Å². The number of hydrogen-bond donors (Lipinski definition) is 1. The Hall–Kier alpha value is -1.13. The number of nitrogens with two attached hydrogens (primary N) is 1. The third-order valence-corrected chi connectivity index (χ3v) is 3.69. The molecule has 0 radical (unpaired) electrons. The molecular weight excluding hydrogens is 231 g/mol. The monoisotopic (exact) mass is 252 g/mol. The zero-order chi connectivity index (χ0) is 13.3. The summed E-state index contributed by atoms with van der Waals surface area (Å²) >= 11 is 0. The summed E-state index contributed by atoms with van der Waals surface area (Å²) in [7, 11) is 2.02. The number of nitrogens with zero attached hydrogens (tertiary/aromatic N) is 1. The quantitative estimate of drug-likeness (QED) is 0.898. The van der Waals surface area contributed by atoms with Gasteiger partial charge in [0.05, 0.1) is 12.1 Å². The summed E-state index contributed by atoms with van der Waals surface area (Å²) in [5.74, 6) is -0.241. The molecular formula is C14H21FN2O. The van der Waals surface area contributed by atoms with E-state index in [-0.39, 0.29) is 18.0 Å². The molecule has 1 heterocycles. The summed E-state index contributed by atoms with van der Waals surface area (Å²) in [6.07, 6.45) is 1.19. The first kappa shape index (κ1) is 13.3. The summed E-state index contributed by atoms with van der Waals surface area (Å²) in [4.78, 5) is 2.16. The molecule has 3 nitrogen and oxygen atoms in total. The van der Waals surface area contributed by atoms with Gasteiger partial charge in [-0.05, 0) is 44.0 Å². The number of benzene rings is 1. The van der Waals surface area contributed by atoms with Crippen LogP contribution < -0.4 is 10.6 Å². The van der Waals surface area contributed by atoms with Crippen molar-refractivity contribution in [2.45, 2.75) is 38.5 Å². The fourth-order valence-electron chi connectivity index (χ4n) is 2.62. The predicted octanol–water partition coefficient (Wildman–Crippen LogP) is 2.46. The maximum Gasteiger partial charge on any atom is 0.123 e. The lowest BCUT2D eigenvalue weighted by molar-refractivity contribution is 0.118. The van der Waals surface area contributed by atoms with E-state index in [4.69, 9.17) is 10.5 Å². The van der Waals surface area contributed by atoms with Crippen LogP contribution in [0.3, 0.4) is 0 Å². The molecule has 1 saturated heterocycles. The smallest absolute Gasteiger partial charge is 0.123 e. The molecule has 3 atom stereocenters. The van der Waals surface area contributed by atoms with E-state index < -0.39 is 0 Å². The Kier molecular flexibility index (Phi) is 3.88. The Morgan fingerprint density at radius 2 is 2.22 bits per heavy atom. The zero-order valence-electron chi connectivity index (χ0n) is 11.2. The fourth-order valence-corrected chi connectivity index (χ4v) is 2.62. The molecule has 18 heavy (non-hydrogen) atoms. The SMILES string of the molecule is CC1OCCC1N(C)c1ccc(F)cc1[C@@H](C)N. The first-order chi connectivity index (χ1) is 8.50. The summed E-state index contributed by atoms with van der Waals surface area (Å²) in [5, 5.41) is 0. The van der Waals surface area contributed by atoms with Gasteiger partial charge >= 0.3 is 0 Å². The molecule has 100 valence electrons. The molecule has 0 amide bonds. The molecule has 1 aliphatic rings. The molecule has 4 heteroatoms. The van der Waals surface area contributed by atoms with Crippen LogP contribution in [0.15, 0.2) is 18.2 Å². The van der Waals surface area contributed by atoms with Crippen LogP contribution in [0.2, 0.25) is 0 Å². The zero-order valence-corrected chi connectivity index (χ0v) is 11.2. The lowest BCUT2D eigenvalue weighted by atomic mass is 10.0. The van der Waals surface area contributed by atoms with Gasteiger partial charge in [0.1, 0.15) is 5.82 Å². The van der Waals surface area contributed by atoms with Crippen molar-refractivity contribution < 1.29 is 9.13 Å². The van der Waals surface area contributed by atoms with Crippen LogP contribution in [0.1, 0.15) is 31.9 Å². The van der Waals surface area contributed by atoms with Crippen molar-refractivity contribution in [2.24, 2.45) is 5.73 Å². The highest BCUT2D eigenvalue weighted by atomic mass is 19.1. The number of hydrogen-bond acceptors (Lipinski definition) is 3. The molecule has 1 aromatic carbocycles. The number of halogens is 1. The molecule has 1 fully saturated rings. The standard InChI is InChI=1S/C14H21FN2O/c1-9(16)12-8-11(15)4-5-14(12)17(3)13-6-7-18-10(13)2/h4-5,8-10,13H,6-7,16H2,1-3H3/t9-,10?,13?/m1/s1. The van der Waals surface area contributed by atoms with E-state index in [0.717, 1.165) is 24.3 Å². The molecule has 0 saturated carbocycles. The van der Waals surface area contributed by atoms with Gasteiger partial charge < -0.3 is 15.4 Å². The van der Waals surface area contributed by atoms with Crippen LogP contribution in [0, 0.1) is 5.82 Å². The van der Waals surface area contributed by atoms with Crippen molar-refractivity contribution in [3.8, 4) is 0 Å². The molecule has 0 spiro atoms. The normalized spacial score (nSPS) is 25.2. The topological polar surface area (TPSA) is 38.5 Å². The van der Waals surface area contributed by atoms with Crippen molar-refractivity contribution in [1.29, 1.82) is 0 Å². The van der Waals surface area contributed by atoms with Gasteiger partial charge in [-0.25, -0.2) is 4.39 Å². The first-order valence-electron chi connectivity index (χ1n) is 6.40. The average Bonchev–Trinajstić information content (AvgIpc) is 2.74. The van der Waals surface area contributed by atoms with Crippen LogP contribution in [0.5, 0.6) is 0 Å². The number of anilines is 1. The van der Waals surface area contributed by atoms with E-state index in [9.17, 15) is 4.39 Å².